The van der Waals surface area contributed by atoms with Gasteiger partial charge in [-0.15, -0.1) is 11.8 Å². The molecule has 0 aromatic heterocycles. The highest BCUT2D eigenvalue weighted by atomic mass is 16.4. The van der Waals surface area contributed by atoms with Crippen LogP contribution in [0.4, 0.5) is 0 Å². The van der Waals surface area contributed by atoms with Gasteiger partial charge in [-0.1, -0.05) is 61.7 Å². The number of carbonyl (C=O) groups is 1. The van der Waals surface area contributed by atoms with Crippen molar-refractivity contribution in [1.29, 1.82) is 0 Å². The van der Waals surface area contributed by atoms with Crippen molar-refractivity contribution in [1.82, 2.24) is 0 Å². The van der Waals surface area contributed by atoms with Crippen LogP contribution in [0.5, 0.6) is 0 Å². The molecule has 0 aliphatic carbocycles. The van der Waals surface area contributed by atoms with Crippen LogP contribution in [-0.4, -0.2) is 11.1 Å². The van der Waals surface area contributed by atoms with Crippen LogP contribution >= 0.6 is 0 Å². The summed E-state index contributed by atoms with van der Waals surface area (Å²) in [7, 11) is 0. The Hall–Kier alpha value is -2.29. The maximum absolute atomic E-state index is 10.3. The molecule has 0 aliphatic rings. The fourth-order valence-electron chi connectivity index (χ4n) is 1.65. The zero-order chi connectivity index (χ0) is 17.0. The van der Waals surface area contributed by atoms with E-state index >= 15 is 0 Å². The molecule has 2 heteroatoms. The maximum Gasteiger partial charge on any atom is 0.303 e. The molecular weight excluding hydrogens is 284 g/mol. The molecule has 0 saturated heterocycles. The lowest BCUT2D eigenvalue weighted by atomic mass is 10.1. The first-order chi connectivity index (χ1) is 11.3. The number of hydrogen-bond acceptors (Lipinski definition) is 1. The predicted octanol–water partition coefficient (Wildman–Crippen LogP) is 4.40. The summed E-state index contributed by atoms with van der Waals surface area (Å²) >= 11 is 0. The van der Waals surface area contributed by atoms with E-state index in [-0.39, 0.29) is 6.42 Å². The highest BCUT2D eigenvalue weighted by Gasteiger charge is 1.92. The van der Waals surface area contributed by atoms with E-state index in [0.717, 1.165) is 6.42 Å². The Morgan fingerprint density at radius 1 is 0.696 bits per heavy atom. The summed E-state index contributed by atoms with van der Waals surface area (Å²) in [6, 6.07) is 0. The minimum Gasteiger partial charge on any atom is -0.481 e. The number of aliphatic carboxylic acids is 1. The Kier molecular flexibility index (Phi) is 16.0. The molecule has 0 aromatic rings. The molecule has 0 saturated carbocycles. The van der Waals surface area contributed by atoms with Crippen molar-refractivity contribution >= 4 is 5.97 Å². The van der Waals surface area contributed by atoms with Gasteiger partial charge >= 0.3 is 5.97 Å². The van der Waals surface area contributed by atoms with E-state index in [2.05, 4.69) is 54.3 Å². The van der Waals surface area contributed by atoms with E-state index in [1.54, 1.807) is 0 Å². The van der Waals surface area contributed by atoms with E-state index in [1.807, 2.05) is 0 Å². The van der Waals surface area contributed by atoms with Gasteiger partial charge in [0.25, 0.3) is 0 Å². The summed E-state index contributed by atoms with van der Waals surface area (Å²) in [5.41, 5.74) is 0. The van der Waals surface area contributed by atoms with Crippen molar-refractivity contribution in [2.24, 2.45) is 0 Å². The predicted molar refractivity (Wildman–Crippen MR) is 95.2 cm³/mol. The van der Waals surface area contributed by atoms with Crippen molar-refractivity contribution in [3.63, 3.8) is 0 Å². The van der Waals surface area contributed by atoms with Crippen molar-refractivity contribution in [3.05, 3.63) is 0 Å². The van der Waals surface area contributed by atoms with Crippen molar-refractivity contribution in [3.8, 4) is 47.4 Å². The highest BCUT2D eigenvalue weighted by molar-refractivity contribution is 5.66. The molecule has 0 aromatic carbocycles. The molecule has 0 radical (unpaired) electrons. The number of carboxylic acid groups (broad SMARTS) is 1. The molecule has 0 rings (SSSR count). The zero-order valence-electron chi connectivity index (χ0n) is 14.1. The van der Waals surface area contributed by atoms with Gasteiger partial charge in [-0.2, -0.15) is 0 Å². The number of hydrogen-bond donors (Lipinski definition) is 1. The number of carboxylic acids is 1. The molecule has 0 heterocycles. The van der Waals surface area contributed by atoms with Crippen molar-refractivity contribution in [2.75, 3.05) is 0 Å². The Balaban J connectivity index is 3.57. The largest absolute Gasteiger partial charge is 0.481 e. The quantitative estimate of drug-likeness (QED) is 0.559. The summed E-state index contributed by atoms with van der Waals surface area (Å²) in [5, 5.41) is 8.46. The van der Waals surface area contributed by atoms with Crippen LogP contribution in [-0.2, 0) is 4.79 Å². The molecule has 1 N–H and O–H groups in total. The third-order valence-corrected chi connectivity index (χ3v) is 2.88. The standard InChI is InChI=1S/C21H26O2/c1-2-3-4-5-6-7-8-9-10-11-12-13-14-15-16-17-18-19-20-21(22)23/h2-6,9,12,15,18-20H2,1H3,(H,22,23). The van der Waals surface area contributed by atoms with Gasteiger partial charge in [0, 0.05) is 19.3 Å². The van der Waals surface area contributed by atoms with Crippen LogP contribution in [0.1, 0.15) is 77.6 Å². The van der Waals surface area contributed by atoms with Crippen molar-refractivity contribution < 1.29 is 9.90 Å². The molecule has 23 heavy (non-hydrogen) atoms. The van der Waals surface area contributed by atoms with Gasteiger partial charge in [0.05, 0.1) is 19.3 Å². The average molecular weight is 310 g/mol. The Morgan fingerprint density at radius 2 is 1.17 bits per heavy atom. The van der Waals surface area contributed by atoms with Crippen LogP contribution in [0.15, 0.2) is 0 Å². The van der Waals surface area contributed by atoms with Gasteiger partial charge in [-0.25, -0.2) is 0 Å². The molecule has 0 bridgehead atoms. The van der Waals surface area contributed by atoms with Gasteiger partial charge in [0.1, 0.15) is 0 Å². The molecule has 2 nitrogen and oxygen atoms in total. The van der Waals surface area contributed by atoms with Crippen LogP contribution < -0.4 is 0 Å². The number of rotatable bonds is 7. The smallest absolute Gasteiger partial charge is 0.303 e. The average Bonchev–Trinajstić information content (AvgIpc) is 2.53. The lowest BCUT2D eigenvalue weighted by molar-refractivity contribution is -0.137. The second-order valence-electron chi connectivity index (χ2n) is 5.00. The number of unbranched alkanes of at least 4 members (excludes halogenated alkanes) is 5. The molecule has 0 unspecified atom stereocenters. The lowest BCUT2D eigenvalue weighted by Gasteiger charge is -1.91. The second kappa shape index (κ2) is 17.8. The van der Waals surface area contributed by atoms with Gasteiger partial charge in [0.15, 0.2) is 0 Å². The van der Waals surface area contributed by atoms with Crippen LogP contribution in [0.3, 0.4) is 0 Å². The third-order valence-electron chi connectivity index (χ3n) is 2.88. The third kappa shape index (κ3) is 19.7. The van der Waals surface area contributed by atoms with Crippen molar-refractivity contribution in [2.45, 2.75) is 77.6 Å². The summed E-state index contributed by atoms with van der Waals surface area (Å²) in [6.07, 6.45) is 9.09. The normalized spacial score (nSPS) is 8.22. The summed E-state index contributed by atoms with van der Waals surface area (Å²) in [4.78, 5) is 10.3. The Labute approximate surface area is 141 Å². The Bertz CT molecular complexity index is 556. The first-order valence-electron chi connectivity index (χ1n) is 8.32. The summed E-state index contributed by atoms with van der Waals surface area (Å²) in [6.45, 7) is 2.21. The summed E-state index contributed by atoms with van der Waals surface area (Å²) in [5.74, 6) is 23.1. The van der Waals surface area contributed by atoms with E-state index in [1.165, 1.54) is 25.7 Å². The molecule has 0 amide bonds. The lowest BCUT2D eigenvalue weighted by Crippen LogP contribution is -1.92. The summed E-state index contributed by atoms with van der Waals surface area (Å²) < 4.78 is 0. The van der Waals surface area contributed by atoms with Gasteiger partial charge in [-0.05, 0) is 12.8 Å². The van der Waals surface area contributed by atoms with Crippen LogP contribution in [0.25, 0.3) is 0 Å². The maximum atomic E-state index is 10.3. The SMILES string of the molecule is CCCCCCC#CCC#CCC#CCC#CCCCC(=O)O. The molecular formula is C21H26O2. The van der Waals surface area contributed by atoms with Gasteiger partial charge in [-0.3, -0.25) is 4.79 Å². The topological polar surface area (TPSA) is 37.3 Å². The van der Waals surface area contributed by atoms with E-state index in [0.29, 0.717) is 32.1 Å². The van der Waals surface area contributed by atoms with E-state index < -0.39 is 5.97 Å². The zero-order valence-corrected chi connectivity index (χ0v) is 14.1. The van der Waals surface area contributed by atoms with E-state index in [4.69, 9.17) is 5.11 Å². The van der Waals surface area contributed by atoms with E-state index in [9.17, 15) is 4.79 Å². The second-order valence-corrected chi connectivity index (χ2v) is 5.00. The highest BCUT2D eigenvalue weighted by Crippen LogP contribution is 2.00. The molecule has 0 spiro atoms. The fraction of sp³-hybridized carbons (Fsp3) is 0.571. The minimum absolute atomic E-state index is 0.178. The van der Waals surface area contributed by atoms with Gasteiger partial charge in [0.2, 0.25) is 0 Å². The van der Waals surface area contributed by atoms with Crippen LogP contribution in [0.2, 0.25) is 0 Å². The van der Waals surface area contributed by atoms with Gasteiger partial charge < -0.3 is 5.11 Å². The fourth-order valence-corrected chi connectivity index (χ4v) is 1.65. The minimum atomic E-state index is -0.772. The first kappa shape index (κ1) is 20.7. The monoisotopic (exact) mass is 310 g/mol. The molecule has 0 aliphatic heterocycles. The molecule has 0 atom stereocenters. The van der Waals surface area contributed by atoms with Crippen LogP contribution in [0, 0.1) is 47.4 Å². The molecule has 122 valence electrons. The molecule has 0 fully saturated rings. The first-order valence-corrected chi connectivity index (χ1v) is 8.32. The Morgan fingerprint density at radius 3 is 1.65 bits per heavy atom.